The van der Waals surface area contributed by atoms with Crippen molar-refractivity contribution in [1.29, 1.82) is 5.26 Å². The maximum absolute atomic E-state index is 12.8. The summed E-state index contributed by atoms with van der Waals surface area (Å²) in [6.07, 6.45) is -0.730. The maximum Gasteiger partial charge on any atom is 0.417 e. The third kappa shape index (κ3) is 3.50. The number of nitrogens with zero attached hydrogens (tertiary/aromatic N) is 2. The molecule has 106 valence electrons. The molecule has 3 nitrogen and oxygen atoms in total. The van der Waals surface area contributed by atoms with Crippen LogP contribution in [0.5, 0.6) is 0 Å². The smallest absolute Gasteiger partial charge is 0.344 e. The number of anilines is 1. The summed E-state index contributed by atoms with van der Waals surface area (Å²) in [6, 6.07) is 5.19. The van der Waals surface area contributed by atoms with Crippen molar-refractivity contribution in [2.24, 2.45) is 4.99 Å². The number of amidine groups is 1. The Balaban J connectivity index is 2.25. The number of hydrogen-bond acceptors (Lipinski definition) is 3. The van der Waals surface area contributed by atoms with E-state index in [4.69, 9.17) is 5.26 Å². The lowest BCUT2D eigenvalue weighted by atomic mass is 10.1. The van der Waals surface area contributed by atoms with Gasteiger partial charge in [-0.05, 0) is 31.0 Å². The van der Waals surface area contributed by atoms with Crippen LogP contribution in [0.25, 0.3) is 0 Å². The molecule has 1 aliphatic rings. The molecule has 0 radical (unpaired) electrons. The van der Waals surface area contributed by atoms with Crippen molar-refractivity contribution in [1.82, 2.24) is 0 Å². The minimum atomic E-state index is -4.53. The zero-order valence-electron chi connectivity index (χ0n) is 10.8. The van der Waals surface area contributed by atoms with E-state index in [0.29, 0.717) is 18.1 Å². The average Bonchev–Trinajstić information content (AvgIpc) is 2.66. The average molecular weight is 281 g/mol. The van der Waals surface area contributed by atoms with E-state index in [1.807, 2.05) is 0 Å². The fourth-order valence-corrected chi connectivity index (χ4v) is 2.10. The molecule has 6 heteroatoms. The highest BCUT2D eigenvalue weighted by molar-refractivity contribution is 5.95. The van der Waals surface area contributed by atoms with E-state index >= 15 is 0 Å². The molecule has 0 bridgehead atoms. The first-order valence-electron chi connectivity index (χ1n) is 6.42. The Morgan fingerprint density at radius 3 is 2.70 bits per heavy atom. The lowest BCUT2D eigenvalue weighted by molar-refractivity contribution is -0.137. The summed E-state index contributed by atoms with van der Waals surface area (Å²) in [6.45, 7) is 0.699. The maximum atomic E-state index is 12.8. The molecule has 0 aliphatic carbocycles. The molecular formula is C14H14F3N3. The molecule has 2 rings (SSSR count). The first kappa shape index (κ1) is 14.4. The van der Waals surface area contributed by atoms with Crippen molar-refractivity contribution in [2.75, 3.05) is 11.9 Å². The van der Waals surface area contributed by atoms with Gasteiger partial charge in [-0.1, -0.05) is 6.42 Å². The zero-order valence-corrected chi connectivity index (χ0v) is 10.8. The molecule has 0 saturated carbocycles. The van der Waals surface area contributed by atoms with Gasteiger partial charge >= 0.3 is 6.18 Å². The SMILES string of the molecule is N#Cc1ccc(NC2=NCCCCC2)cc1C(F)(F)F. The second kappa shape index (κ2) is 5.95. The molecule has 1 aromatic rings. The normalized spacial score (nSPS) is 16.0. The van der Waals surface area contributed by atoms with E-state index in [1.54, 1.807) is 6.07 Å². The standard InChI is InChI=1S/C14H14F3N3/c15-14(16,17)12-8-11(6-5-10(12)9-18)20-13-4-2-1-3-7-19-13/h5-6,8H,1-4,7H2,(H,19,20). The van der Waals surface area contributed by atoms with Crippen LogP contribution in [0, 0.1) is 11.3 Å². The lowest BCUT2D eigenvalue weighted by Crippen LogP contribution is -2.14. The molecule has 0 spiro atoms. The minimum absolute atomic E-state index is 0.317. The predicted octanol–water partition coefficient (Wildman–Crippen LogP) is 3.96. The Morgan fingerprint density at radius 2 is 2.00 bits per heavy atom. The Morgan fingerprint density at radius 1 is 1.20 bits per heavy atom. The molecule has 0 unspecified atom stereocenters. The van der Waals surface area contributed by atoms with Crippen LogP contribution >= 0.6 is 0 Å². The van der Waals surface area contributed by atoms with Crippen LogP contribution in [0.3, 0.4) is 0 Å². The molecular weight excluding hydrogens is 267 g/mol. The third-order valence-electron chi connectivity index (χ3n) is 3.11. The van der Waals surface area contributed by atoms with Gasteiger partial charge in [-0.3, -0.25) is 4.99 Å². The summed E-state index contributed by atoms with van der Waals surface area (Å²) >= 11 is 0. The van der Waals surface area contributed by atoms with Crippen molar-refractivity contribution in [3.63, 3.8) is 0 Å². The van der Waals surface area contributed by atoms with Crippen LogP contribution in [-0.4, -0.2) is 12.4 Å². The van der Waals surface area contributed by atoms with E-state index in [9.17, 15) is 13.2 Å². The Hall–Kier alpha value is -2.03. The molecule has 20 heavy (non-hydrogen) atoms. The largest absolute Gasteiger partial charge is 0.417 e. The van der Waals surface area contributed by atoms with Gasteiger partial charge in [0.05, 0.1) is 17.2 Å². The number of rotatable bonds is 1. The van der Waals surface area contributed by atoms with Crippen LogP contribution in [0.4, 0.5) is 18.9 Å². The van der Waals surface area contributed by atoms with Gasteiger partial charge in [0.2, 0.25) is 0 Å². The summed E-state index contributed by atoms with van der Waals surface area (Å²) in [7, 11) is 0. The van der Waals surface area contributed by atoms with Crippen LogP contribution in [0.1, 0.15) is 36.8 Å². The monoisotopic (exact) mass is 281 g/mol. The summed E-state index contributed by atoms with van der Waals surface area (Å²) in [5.74, 6) is 0.709. The summed E-state index contributed by atoms with van der Waals surface area (Å²) in [4.78, 5) is 4.31. The number of alkyl halides is 3. The van der Waals surface area contributed by atoms with Gasteiger partial charge in [0, 0.05) is 18.7 Å². The van der Waals surface area contributed by atoms with Crippen molar-refractivity contribution in [2.45, 2.75) is 31.9 Å². The minimum Gasteiger partial charge on any atom is -0.344 e. The first-order chi connectivity index (χ1) is 9.50. The number of hydrogen-bond donors (Lipinski definition) is 1. The van der Waals surface area contributed by atoms with Gasteiger partial charge in [-0.25, -0.2) is 0 Å². The second-order valence-corrected chi connectivity index (χ2v) is 4.63. The Kier molecular flexibility index (Phi) is 4.28. The highest BCUT2D eigenvalue weighted by Crippen LogP contribution is 2.33. The van der Waals surface area contributed by atoms with Crippen LogP contribution in [0.2, 0.25) is 0 Å². The molecule has 0 saturated heterocycles. The van der Waals surface area contributed by atoms with Crippen LogP contribution < -0.4 is 5.32 Å². The van der Waals surface area contributed by atoms with Gasteiger partial charge in [0.1, 0.15) is 5.84 Å². The Bertz CT molecular complexity index is 556. The van der Waals surface area contributed by atoms with Gasteiger partial charge < -0.3 is 5.32 Å². The summed E-state index contributed by atoms with van der Waals surface area (Å²) < 4.78 is 38.5. The van der Waals surface area contributed by atoms with Crippen molar-refractivity contribution >= 4 is 11.5 Å². The number of aliphatic imine (C=N–C) groups is 1. The van der Waals surface area contributed by atoms with Gasteiger partial charge in [-0.15, -0.1) is 0 Å². The molecule has 0 fully saturated rings. The quantitative estimate of drug-likeness (QED) is 0.847. The van der Waals surface area contributed by atoms with Gasteiger partial charge in [0.25, 0.3) is 0 Å². The van der Waals surface area contributed by atoms with Crippen molar-refractivity contribution < 1.29 is 13.2 Å². The van der Waals surface area contributed by atoms with Crippen molar-refractivity contribution in [3.8, 4) is 6.07 Å². The molecule has 0 aromatic heterocycles. The highest BCUT2D eigenvalue weighted by atomic mass is 19.4. The summed E-state index contributed by atoms with van der Waals surface area (Å²) in [5, 5.41) is 11.7. The molecule has 1 aromatic carbocycles. The lowest BCUT2D eigenvalue weighted by Gasteiger charge is -2.13. The third-order valence-corrected chi connectivity index (χ3v) is 3.11. The Labute approximate surface area is 115 Å². The molecule has 0 atom stereocenters. The number of nitrogens with one attached hydrogen (secondary N) is 1. The van der Waals surface area contributed by atoms with E-state index in [1.165, 1.54) is 12.1 Å². The number of nitriles is 1. The van der Waals surface area contributed by atoms with E-state index in [-0.39, 0.29) is 5.56 Å². The number of benzene rings is 1. The van der Waals surface area contributed by atoms with Crippen molar-refractivity contribution in [3.05, 3.63) is 29.3 Å². The van der Waals surface area contributed by atoms with Crippen LogP contribution in [-0.2, 0) is 6.18 Å². The highest BCUT2D eigenvalue weighted by Gasteiger charge is 2.33. The molecule has 1 N–H and O–H groups in total. The van der Waals surface area contributed by atoms with E-state index < -0.39 is 11.7 Å². The van der Waals surface area contributed by atoms with Gasteiger partial charge in [-0.2, -0.15) is 18.4 Å². The van der Waals surface area contributed by atoms with Crippen LogP contribution in [0.15, 0.2) is 23.2 Å². The first-order valence-corrected chi connectivity index (χ1v) is 6.42. The fourth-order valence-electron chi connectivity index (χ4n) is 2.10. The summed E-state index contributed by atoms with van der Waals surface area (Å²) in [5.41, 5.74) is -0.970. The zero-order chi connectivity index (χ0) is 14.6. The van der Waals surface area contributed by atoms with E-state index in [0.717, 1.165) is 31.7 Å². The van der Waals surface area contributed by atoms with Gasteiger partial charge in [0.15, 0.2) is 0 Å². The number of halogens is 3. The topological polar surface area (TPSA) is 48.2 Å². The molecule has 1 aliphatic heterocycles. The second-order valence-electron chi connectivity index (χ2n) is 4.63. The van der Waals surface area contributed by atoms with E-state index in [2.05, 4.69) is 10.3 Å². The molecule has 1 heterocycles. The fraction of sp³-hybridized carbons (Fsp3) is 0.429. The molecule has 0 amide bonds. The predicted molar refractivity (Wildman–Crippen MR) is 70.6 cm³/mol.